The first-order valence-electron chi connectivity index (χ1n) is 2.30. The molecule has 0 spiro atoms. The monoisotopic (exact) mass is 103 g/mol. The molecule has 0 aromatic rings. The Morgan fingerprint density at radius 3 is 2.00 bits per heavy atom. The fourth-order valence-corrected chi connectivity index (χ4v) is 0.211. The maximum Gasteiger partial charge on any atom is 0.166 e. The Labute approximate surface area is 43.5 Å². The molecule has 0 aliphatic heterocycles. The lowest BCUT2D eigenvalue weighted by molar-refractivity contribution is -0.0536. The predicted octanol–water partition coefficient (Wildman–Crippen LogP) is -2.32. The van der Waals surface area contributed by atoms with Crippen molar-refractivity contribution in [3.05, 3.63) is 0 Å². The van der Waals surface area contributed by atoms with Crippen molar-refractivity contribution < 1.29 is 10.2 Å². The van der Waals surface area contributed by atoms with Crippen LogP contribution in [0.15, 0.2) is 0 Å². The van der Waals surface area contributed by atoms with E-state index in [-0.39, 0.29) is 0 Å². The van der Waals surface area contributed by atoms with E-state index in [1.165, 1.54) is 0 Å². The van der Waals surface area contributed by atoms with Crippen LogP contribution in [0.5, 0.6) is 0 Å². The normalized spacial score (nSPS) is 14.9. The Balaban J connectivity index is 3.14. The average molecular weight is 103 g/mol. The summed E-state index contributed by atoms with van der Waals surface area (Å²) in [4.78, 5) is 0. The molecule has 0 saturated heterocycles. The summed E-state index contributed by atoms with van der Waals surface area (Å²) >= 11 is 0. The van der Waals surface area contributed by atoms with Crippen LogP contribution in [-0.4, -0.2) is 30.4 Å². The van der Waals surface area contributed by atoms with Crippen LogP contribution in [0.4, 0.5) is 0 Å². The SMILES string of the molecule is BCC(N)C(O)O. The van der Waals surface area contributed by atoms with E-state index < -0.39 is 12.3 Å². The average Bonchev–Trinajstić information content (AvgIpc) is 1.65. The second-order valence-electron chi connectivity index (χ2n) is 1.49. The fourth-order valence-electron chi connectivity index (χ4n) is 0.211. The molecular formula is C3H10BNO2. The molecule has 0 aliphatic carbocycles. The van der Waals surface area contributed by atoms with Crippen molar-refractivity contribution in [1.82, 2.24) is 0 Å². The van der Waals surface area contributed by atoms with Gasteiger partial charge in [0.15, 0.2) is 6.29 Å². The first kappa shape index (κ1) is 6.94. The minimum Gasteiger partial charge on any atom is -0.367 e. The molecule has 0 fully saturated rings. The van der Waals surface area contributed by atoms with Gasteiger partial charge in [0.1, 0.15) is 7.85 Å². The Kier molecular flexibility index (Phi) is 2.99. The quantitative estimate of drug-likeness (QED) is 0.271. The number of nitrogens with two attached hydrogens (primary N) is 1. The summed E-state index contributed by atoms with van der Waals surface area (Å²) in [6.07, 6.45) is -0.762. The molecule has 0 amide bonds. The summed E-state index contributed by atoms with van der Waals surface area (Å²) in [5, 5.41) is 16.5. The van der Waals surface area contributed by atoms with Gasteiger partial charge in [0, 0.05) is 6.04 Å². The molecule has 7 heavy (non-hydrogen) atoms. The molecule has 1 atom stereocenters. The lowest BCUT2D eigenvalue weighted by Gasteiger charge is -2.08. The third-order valence-electron chi connectivity index (χ3n) is 0.854. The summed E-state index contributed by atoms with van der Waals surface area (Å²) in [6, 6.07) is -0.486. The molecule has 3 nitrogen and oxygen atoms in total. The lowest BCUT2D eigenvalue weighted by Crippen LogP contribution is -2.33. The molecule has 0 aliphatic rings. The summed E-state index contributed by atoms with van der Waals surface area (Å²) < 4.78 is 0. The zero-order chi connectivity index (χ0) is 5.86. The van der Waals surface area contributed by atoms with Crippen molar-refractivity contribution in [2.45, 2.75) is 18.7 Å². The van der Waals surface area contributed by atoms with Crippen LogP contribution in [0.2, 0.25) is 6.32 Å². The van der Waals surface area contributed by atoms with E-state index in [1.54, 1.807) is 7.85 Å². The zero-order valence-electron chi connectivity index (χ0n) is 4.33. The van der Waals surface area contributed by atoms with Crippen molar-refractivity contribution in [2.24, 2.45) is 5.73 Å². The van der Waals surface area contributed by atoms with E-state index in [4.69, 9.17) is 15.9 Å². The Morgan fingerprint density at radius 2 is 2.00 bits per heavy atom. The van der Waals surface area contributed by atoms with Gasteiger partial charge in [0.2, 0.25) is 0 Å². The highest BCUT2D eigenvalue weighted by Gasteiger charge is 2.05. The third-order valence-corrected chi connectivity index (χ3v) is 0.854. The molecule has 0 saturated carbocycles. The number of aliphatic hydroxyl groups excluding tert-OH is 1. The van der Waals surface area contributed by atoms with Gasteiger partial charge < -0.3 is 15.9 Å². The van der Waals surface area contributed by atoms with Crippen molar-refractivity contribution >= 4 is 7.85 Å². The van der Waals surface area contributed by atoms with Gasteiger partial charge in [0.05, 0.1) is 0 Å². The first-order chi connectivity index (χ1) is 3.18. The Morgan fingerprint density at radius 1 is 1.57 bits per heavy atom. The number of rotatable bonds is 2. The zero-order valence-corrected chi connectivity index (χ0v) is 4.33. The van der Waals surface area contributed by atoms with Crippen LogP contribution in [0.25, 0.3) is 0 Å². The number of aliphatic hydroxyl groups is 2. The summed E-state index contributed by atoms with van der Waals surface area (Å²) in [7, 11) is 1.80. The fraction of sp³-hybridized carbons (Fsp3) is 1.00. The number of hydrogen-bond acceptors (Lipinski definition) is 3. The molecule has 0 rings (SSSR count). The molecule has 0 bridgehead atoms. The van der Waals surface area contributed by atoms with Crippen molar-refractivity contribution in [2.75, 3.05) is 0 Å². The van der Waals surface area contributed by atoms with Crippen LogP contribution < -0.4 is 5.73 Å². The highest BCUT2D eigenvalue weighted by Crippen LogP contribution is 1.86. The Hall–Kier alpha value is -0.0551. The molecular weight excluding hydrogens is 92.8 g/mol. The van der Waals surface area contributed by atoms with E-state index in [0.717, 1.165) is 0 Å². The first-order valence-corrected chi connectivity index (χ1v) is 2.30. The van der Waals surface area contributed by atoms with E-state index >= 15 is 0 Å². The second kappa shape index (κ2) is 3.01. The topological polar surface area (TPSA) is 66.5 Å². The van der Waals surface area contributed by atoms with Gasteiger partial charge in [-0.3, -0.25) is 0 Å². The van der Waals surface area contributed by atoms with Crippen LogP contribution in [0, 0.1) is 0 Å². The maximum absolute atomic E-state index is 8.25. The molecule has 4 heteroatoms. The van der Waals surface area contributed by atoms with Crippen molar-refractivity contribution in [3.63, 3.8) is 0 Å². The van der Waals surface area contributed by atoms with Gasteiger partial charge in [-0.05, 0) is 0 Å². The molecule has 0 aromatic heterocycles. The smallest absolute Gasteiger partial charge is 0.166 e. The van der Waals surface area contributed by atoms with Gasteiger partial charge in [-0.25, -0.2) is 0 Å². The van der Waals surface area contributed by atoms with E-state index in [1.807, 2.05) is 0 Å². The van der Waals surface area contributed by atoms with Gasteiger partial charge in [-0.2, -0.15) is 0 Å². The maximum atomic E-state index is 8.25. The van der Waals surface area contributed by atoms with Gasteiger partial charge in [0.25, 0.3) is 0 Å². The summed E-state index contributed by atoms with van der Waals surface area (Å²) in [5.74, 6) is 0. The van der Waals surface area contributed by atoms with Gasteiger partial charge >= 0.3 is 0 Å². The minimum absolute atomic E-state index is 0.486. The standard InChI is InChI=1S/C3H10BNO2/c4-1-2(5)3(6)7/h2-3,6-7H,1,4-5H2. The molecule has 0 aromatic carbocycles. The lowest BCUT2D eigenvalue weighted by atomic mass is 9.98. The van der Waals surface area contributed by atoms with Crippen LogP contribution in [0.3, 0.4) is 0 Å². The molecule has 0 heterocycles. The van der Waals surface area contributed by atoms with Gasteiger partial charge in [-0.15, -0.1) is 0 Å². The van der Waals surface area contributed by atoms with E-state index in [0.29, 0.717) is 6.32 Å². The molecule has 0 radical (unpaired) electrons. The largest absolute Gasteiger partial charge is 0.367 e. The van der Waals surface area contributed by atoms with Crippen LogP contribution >= 0.6 is 0 Å². The Bertz CT molecular complexity index is 50.2. The minimum atomic E-state index is -1.36. The van der Waals surface area contributed by atoms with Gasteiger partial charge in [-0.1, -0.05) is 6.32 Å². The summed E-state index contributed by atoms with van der Waals surface area (Å²) in [5.41, 5.74) is 5.12. The van der Waals surface area contributed by atoms with Crippen molar-refractivity contribution in [3.8, 4) is 0 Å². The molecule has 4 N–H and O–H groups in total. The highest BCUT2D eigenvalue weighted by atomic mass is 16.5. The number of hydrogen-bond donors (Lipinski definition) is 3. The predicted molar refractivity (Wildman–Crippen MR) is 29.6 cm³/mol. The van der Waals surface area contributed by atoms with E-state index in [2.05, 4.69) is 0 Å². The third kappa shape index (κ3) is 2.62. The highest BCUT2D eigenvalue weighted by molar-refractivity contribution is 6.08. The summed E-state index contributed by atoms with van der Waals surface area (Å²) in [6.45, 7) is 0. The molecule has 42 valence electrons. The van der Waals surface area contributed by atoms with Crippen molar-refractivity contribution in [1.29, 1.82) is 0 Å². The molecule has 1 unspecified atom stereocenters. The van der Waals surface area contributed by atoms with E-state index in [9.17, 15) is 0 Å². The second-order valence-corrected chi connectivity index (χ2v) is 1.49. The van der Waals surface area contributed by atoms with Crippen LogP contribution in [-0.2, 0) is 0 Å². The van der Waals surface area contributed by atoms with Crippen LogP contribution in [0.1, 0.15) is 0 Å².